The van der Waals surface area contributed by atoms with E-state index in [2.05, 4.69) is 28.2 Å². The first-order chi connectivity index (χ1) is 5.83. The minimum atomic E-state index is -0.923. The number of rotatable bonds is 1. The maximum atomic E-state index is 10.6. The van der Waals surface area contributed by atoms with E-state index in [0.29, 0.717) is 0 Å². The second-order valence-electron chi connectivity index (χ2n) is 4.43. The summed E-state index contributed by atoms with van der Waals surface area (Å²) < 4.78 is 0.0858. The van der Waals surface area contributed by atoms with Crippen molar-refractivity contribution in [3.8, 4) is 0 Å². The molecule has 0 aromatic carbocycles. The third kappa shape index (κ3) is 3.18. The summed E-state index contributed by atoms with van der Waals surface area (Å²) in [5, 5.41) is 11.3. The van der Waals surface area contributed by atoms with Gasteiger partial charge in [-0.15, -0.1) is 0 Å². The second-order valence-corrected chi connectivity index (χ2v) is 6.35. The van der Waals surface area contributed by atoms with E-state index in [-0.39, 0.29) is 9.86 Å². The summed E-state index contributed by atoms with van der Waals surface area (Å²) in [7, 11) is 0. The van der Waals surface area contributed by atoms with Crippen LogP contribution < -0.4 is 5.32 Å². The van der Waals surface area contributed by atoms with Crippen LogP contribution in [0, 0.1) is 0 Å². The van der Waals surface area contributed by atoms with Crippen LogP contribution in [0.4, 0.5) is 4.79 Å². The van der Waals surface area contributed by atoms with Gasteiger partial charge in [-0.1, -0.05) is 15.9 Å². The molecule has 2 atom stereocenters. The number of alkyl halides is 1. The highest BCUT2D eigenvalue weighted by Gasteiger charge is 2.38. The van der Waals surface area contributed by atoms with E-state index in [1.165, 1.54) is 0 Å². The first-order valence-electron chi connectivity index (χ1n) is 4.53. The Hall–Kier alpha value is -0.250. The van der Waals surface area contributed by atoms with Crippen LogP contribution in [0.3, 0.4) is 0 Å². The third-order valence-corrected chi connectivity index (χ3v) is 3.27. The minimum Gasteiger partial charge on any atom is -0.465 e. The number of hydrogen-bond donors (Lipinski definition) is 2. The quantitative estimate of drug-likeness (QED) is 0.703. The fourth-order valence-electron chi connectivity index (χ4n) is 2.20. The minimum absolute atomic E-state index is 0.0858. The van der Waals surface area contributed by atoms with E-state index < -0.39 is 6.09 Å². The molecule has 76 valence electrons. The molecule has 0 heterocycles. The molecule has 13 heavy (non-hydrogen) atoms. The Morgan fingerprint density at radius 1 is 1.46 bits per heavy atom. The van der Waals surface area contributed by atoms with Crippen LogP contribution in [-0.2, 0) is 0 Å². The molecule has 3 nitrogen and oxygen atoms in total. The molecule has 0 bridgehead atoms. The van der Waals surface area contributed by atoms with Crippen molar-refractivity contribution < 1.29 is 9.90 Å². The molecule has 0 aromatic rings. The van der Waals surface area contributed by atoms with Gasteiger partial charge in [0.1, 0.15) is 0 Å². The van der Waals surface area contributed by atoms with Gasteiger partial charge in [0.2, 0.25) is 0 Å². The SMILES string of the molecule is CC1(Br)CCCC(C)(NC(=O)O)C1. The zero-order valence-electron chi connectivity index (χ0n) is 8.06. The van der Waals surface area contributed by atoms with Crippen LogP contribution in [0.15, 0.2) is 0 Å². The number of carbonyl (C=O) groups is 1. The van der Waals surface area contributed by atoms with E-state index in [9.17, 15) is 4.79 Å². The predicted octanol–water partition coefficient (Wildman–Crippen LogP) is 2.74. The number of nitrogens with one attached hydrogen (secondary N) is 1. The Bertz CT molecular complexity index is 218. The molecule has 2 N–H and O–H groups in total. The van der Waals surface area contributed by atoms with Crippen LogP contribution >= 0.6 is 15.9 Å². The molecular weight excluding hydrogens is 234 g/mol. The summed E-state index contributed by atoms with van der Waals surface area (Å²) in [4.78, 5) is 10.6. The van der Waals surface area contributed by atoms with E-state index in [0.717, 1.165) is 25.7 Å². The molecule has 1 amide bonds. The van der Waals surface area contributed by atoms with Gasteiger partial charge in [0.05, 0.1) is 0 Å². The highest BCUT2D eigenvalue weighted by Crippen LogP contribution is 2.40. The monoisotopic (exact) mass is 249 g/mol. The van der Waals surface area contributed by atoms with Gasteiger partial charge >= 0.3 is 6.09 Å². The normalized spacial score (nSPS) is 39.9. The van der Waals surface area contributed by atoms with Crippen LogP contribution in [-0.4, -0.2) is 21.1 Å². The molecule has 0 saturated heterocycles. The van der Waals surface area contributed by atoms with Gasteiger partial charge in [-0.25, -0.2) is 4.79 Å². The van der Waals surface area contributed by atoms with Gasteiger partial charge in [0.15, 0.2) is 0 Å². The highest BCUT2D eigenvalue weighted by atomic mass is 79.9. The molecule has 1 aliphatic rings. The Morgan fingerprint density at radius 2 is 2.08 bits per heavy atom. The van der Waals surface area contributed by atoms with Crippen LogP contribution in [0.25, 0.3) is 0 Å². The fourth-order valence-corrected chi connectivity index (χ4v) is 3.10. The summed E-state index contributed by atoms with van der Waals surface area (Å²) in [5.74, 6) is 0. The summed E-state index contributed by atoms with van der Waals surface area (Å²) in [6.45, 7) is 4.09. The summed E-state index contributed by atoms with van der Waals surface area (Å²) >= 11 is 3.63. The molecular formula is C9H16BrNO2. The van der Waals surface area contributed by atoms with E-state index >= 15 is 0 Å². The van der Waals surface area contributed by atoms with Crippen molar-refractivity contribution in [1.82, 2.24) is 5.32 Å². The van der Waals surface area contributed by atoms with E-state index in [4.69, 9.17) is 5.11 Å². The number of halogens is 1. The van der Waals surface area contributed by atoms with E-state index in [1.807, 2.05) is 6.92 Å². The largest absolute Gasteiger partial charge is 0.465 e. The van der Waals surface area contributed by atoms with Gasteiger partial charge < -0.3 is 10.4 Å². The van der Waals surface area contributed by atoms with Gasteiger partial charge in [0, 0.05) is 9.86 Å². The number of hydrogen-bond acceptors (Lipinski definition) is 1. The average Bonchev–Trinajstić information content (AvgIpc) is 1.79. The Morgan fingerprint density at radius 3 is 2.54 bits per heavy atom. The molecule has 1 rings (SSSR count). The van der Waals surface area contributed by atoms with Gasteiger partial charge in [0.25, 0.3) is 0 Å². The molecule has 0 radical (unpaired) electrons. The Labute approximate surface area is 87.0 Å². The molecule has 0 aliphatic heterocycles. The lowest BCUT2D eigenvalue weighted by molar-refractivity contribution is 0.163. The molecule has 1 aliphatic carbocycles. The highest BCUT2D eigenvalue weighted by molar-refractivity contribution is 9.10. The lowest BCUT2D eigenvalue weighted by Crippen LogP contribution is -2.51. The topological polar surface area (TPSA) is 49.3 Å². The van der Waals surface area contributed by atoms with Gasteiger partial charge in [-0.2, -0.15) is 0 Å². The zero-order valence-corrected chi connectivity index (χ0v) is 9.65. The molecule has 0 aromatic heterocycles. The third-order valence-electron chi connectivity index (χ3n) is 2.59. The maximum Gasteiger partial charge on any atom is 0.405 e. The zero-order chi connectivity index (χ0) is 10.1. The predicted molar refractivity (Wildman–Crippen MR) is 55.4 cm³/mol. The summed E-state index contributed by atoms with van der Waals surface area (Å²) in [6.07, 6.45) is 3.04. The molecule has 0 spiro atoms. The van der Waals surface area contributed by atoms with Crippen molar-refractivity contribution in [3.63, 3.8) is 0 Å². The standard InChI is InChI=1S/C9H16BrNO2/c1-8(10)4-3-5-9(2,6-8)11-7(12)13/h11H,3-6H2,1-2H3,(H,12,13). The first-order valence-corrected chi connectivity index (χ1v) is 5.32. The number of amides is 1. The Kier molecular flexibility index (Phi) is 2.90. The van der Waals surface area contributed by atoms with Crippen molar-refractivity contribution in [2.24, 2.45) is 0 Å². The Balaban J connectivity index is 2.63. The van der Waals surface area contributed by atoms with Crippen molar-refractivity contribution in [2.45, 2.75) is 49.4 Å². The lowest BCUT2D eigenvalue weighted by atomic mass is 9.77. The van der Waals surface area contributed by atoms with Crippen molar-refractivity contribution in [1.29, 1.82) is 0 Å². The average molecular weight is 250 g/mol. The van der Waals surface area contributed by atoms with Crippen LogP contribution in [0.5, 0.6) is 0 Å². The van der Waals surface area contributed by atoms with Crippen molar-refractivity contribution in [3.05, 3.63) is 0 Å². The van der Waals surface area contributed by atoms with Crippen molar-refractivity contribution >= 4 is 22.0 Å². The van der Waals surface area contributed by atoms with Crippen molar-refractivity contribution in [2.75, 3.05) is 0 Å². The van der Waals surface area contributed by atoms with Gasteiger partial charge in [-0.05, 0) is 39.5 Å². The number of carboxylic acid groups (broad SMARTS) is 1. The maximum absolute atomic E-state index is 10.6. The summed E-state index contributed by atoms with van der Waals surface area (Å²) in [5.41, 5.74) is -0.262. The molecule has 4 heteroatoms. The smallest absolute Gasteiger partial charge is 0.405 e. The summed E-state index contributed by atoms with van der Waals surface area (Å²) in [6, 6.07) is 0. The van der Waals surface area contributed by atoms with Crippen LogP contribution in [0.2, 0.25) is 0 Å². The fraction of sp³-hybridized carbons (Fsp3) is 0.889. The lowest BCUT2D eigenvalue weighted by Gasteiger charge is -2.41. The van der Waals surface area contributed by atoms with E-state index in [1.54, 1.807) is 0 Å². The van der Waals surface area contributed by atoms with Gasteiger partial charge in [-0.3, -0.25) is 0 Å². The van der Waals surface area contributed by atoms with Crippen LogP contribution in [0.1, 0.15) is 39.5 Å². The first kappa shape index (κ1) is 10.8. The molecule has 2 unspecified atom stereocenters. The second kappa shape index (κ2) is 3.48. The molecule has 1 fully saturated rings. The molecule has 1 saturated carbocycles.